The van der Waals surface area contributed by atoms with Crippen molar-refractivity contribution in [3.63, 3.8) is 0 Å². The molecule has 3 heterocycles. The number of carbonyl (C=O) groups is 1. The second-order valence-electron chi connectivity index (χ2n) is 7.09. The molecular formula is C15H19F3N4O2. The number of likely N-dealkylation sites (tertiary alicyclic amines) is 1. The SMILES string of the molecule is CC(C)(C)OC(=O)N1C[C@@H]2CC1CN2c1cncc(C(F)(F)F)n1. The van der Waals surface area contributed by atoms with E-state index in [-0.39, 0.29) is 24.0 Å². The molecule has 3 rings (SSSR count). The minimum Gasteiger partial charge on any atom is -0.444 e. The number of nitrogens with zero attached hydrogens (tertiary/aromatic N) is 4. The Morgan fingerprint density at radius 1 is 1.21 bits per heavy atom. The van der Waals surface area contributed by atoms with Crippen molar-refractivity contribution in [1.82, 2.24) is 14.9 Å². The molecule has 0 spiro atoms. The highest BCUT2D eigenvalue weighted by atomic mass is 19.4. The molecule has 0 radical (unpaired) electrons. The maximum atomic E-state index is 12.8. The molecule has 0 aromatic carbocycles. The lowest BCUT2D eigenvalue weighted by Gasteiger charge is -2.35. The van der Waals surface area contributed by atoms with Gasteiger partial charge in [-0.3, -0.25) is 4.98 Å². The summed E-state index contributed by atoms with van der Waals surface area (Å²) < 4.78 is 43.7. The number of carbonyl (C=O) groups excluding carboxylic acids is 1. The van der Waals surface area contributed by atoms with E-state index in [9.17, 15) is 18.0 Å². The van der Waals surface area contributed by atoms with Crippen molar-refractivity contribution in [1.29, 1.82) is 0 Å². The van der Waals surface area contributed by atoms with E-state index >= 15 is 0 Å². The summed E-state index contributed by atoms with van der Waals surface area (Å²) in [6.45, 7) is 6.23. The quantitative estimate of drug-likeness (QED) is 0.784. The summed E-state index contributed by atoms with van der Waals surface area (Å²) in [6, 6.07) is -0.151. The van der Waals surface area contributed by atoms with Gasteiger partial charge in [-0.25, -0.2) is 9.78 Å². The van der Waals surface area contributed by atoms with Gasteiger partial charge in [0.25, 0.3) is 0 Å². The van der Waals surface area contributed by atoms with Gasteiger partial charge in [0.05, 0.1) is 24.5 Å². The third-order valence-electron chi connectivity index (χ3n) is 4.08. The molecule has 0 saturated carbocycles. The van der Waals surface area contributed by atoms with Crippen molar-refractivity contribution in [2.24, 2.45) is 0 Å². The number of rotatable bonds is 1. The Bertz CT molecular complexity index is 644. The van der Waals surface area contributed by atoms with Gasteiger partial charge >= 0.3 is 12.3 Å². The number of hydrogen-bond donors (Lipinski definition) is 0. The summed E-state index contributed by atoms with van der Waals surface area (Å²) in [5.41, 5.74) is -1.59. The van der Waals surface area contributed by atoms with Gasteiger partial charge in [-0.05, 0) is 27.2 Å². The molecule has 2 bridgehead atoms. The number of hydrogen-bond acceptors (Lipinski definition) is 5. The molecule has 0 N–H and O–H groups in total. The summed E-state index contributed by atoms with van der Waals surface area (Å²) in [5.74, 6) is 0.196. The van der Waals surface area contributed by atoms with Crippen LogP contribution in [0.25, 0.3) is 0 Å². The molecule has 6 nitrogen and oxygen atoms in total. The van der Waals surface area contributed by atoms with Gasteiger partial charge in [-0.15, -0.1) is 0 Å². The second kappa shape index (κ2) is 5.49. The molecule has 1 unspecified atom stereocenters. The highest BCUT2D eigenvalue weighted by molar-refractivity contribution is 5.70. The van der Waals surface area contributed by atoms with E-state index in [0.29, 0.717) is 25.7 Å². The van der Waals surface area contributed by atoms with E-state index < -0.39 is 17.5 Å². The Morgan fingerprint density at radius 2 is 1.92 bits per heavy atom. The van der Waals surface area contributed by atoms with Gasteiger partial charge in [0, 0.05) is 13.1 Å². The first-order valence-corrected chi connectivity index (χ1v) is 7.70. The number of anilines is 1. The molecule has 2 aliphatic heterocycles. The minimum atomic E-state index is -4.52. The molecular weight excluding hydrogens is 325 g/mol. The van der Waals surface area contributed by atoms with E-state index in [4.69, 9.17) is 4.74 Å². The van der Waals surface area contributed by atoms with Crippen LogP contribution in [0, 0.1) is 0 Å². The Labute approximate surface area is 137 Å². The van der Waals surface area contributed by atoms with E-state index in [0.717, 1.165) is 0 Å². The standard InChI is InChI=1S/C15H19F3N4O2/c1-14(2,3)24-13(23)22-8-9-4-10(22)7-21(9)12-6-19-5-11(20-12)15(16,17)18/h5-6,9-10H,4,7-8H2,1-3H3/t9-,10?/m0/s1. The molecule has 132 valence electrons. The van der Waals surface area contributed by atoms with E-state index in [2.05, 4.69) is 9.97 Å². The summed E-state index contributed by atoms with van der Waals surface area (Å²) in [5, 5.41) is 0. The zero-order valence-electron chi connectivity index (χ0n) is 13.7. The van der Waals surface area contributed by atoms with E-state index in [1.54, 1.807) is 30.6 Å². The van der Waals surface area contributed by atoms with Crippen molar-refractivity contribution in [3.8, 4) is 0 Å². The maximum absolute atomic E-state index is 12.8. The van der Waals surface area contributed by atoms with Crippen molar-refractivity contribution < 1.29 is 22.7 Å². The molecule has 24 heavy (non-hydrogen) atoms. The fourth-order valence-electron chi connectivity index (χ4n) is 3.12. The lowest BCUT2D eigenvalue weighted by molar-refractivity contribution is -0.141. The molecule has 2 saturated heterocycles. The molecule has 2 atom stereocenters. The molecule has 9 heteroatoms. The first-order chi connectivity index (χ1) is 11.0. The van der Waals surface area contributed by atoms with Gasteiger partial charge in [0.15, 0.2) is 5.69 Å². The molecule has 2 fully saturated rings. The van der Waals surface area contributed by atoms with Crippen LogP contribution in [0.2, 0.25) is 0 Å². The summed E-state index contributed by atoms with van der Waals surface area (Å²) in [6.07, 6.45) is -2.18. The number of amides is 1. The largest absolute Gasteiger partial charge is 0.444 e. The average Bonchev–Trinajstić information content (AvgIpc) is 3.04. The average molecular weight is 344 g/mol. The van der Waals surface area contributed by atoms with Crippen molar-refractivity contribution >= 4 is 11.9 Å². The van der Waals surface area contributed by atoms with E-state index in [1.165, 1.54) is 6.20 Å². The smallest absolute Gasteiger partial charge is 0.434 e. The summed E-state index contributed by atoms with van der Waals surface area (Å²) in [7, 11) is 0. The zero-order valence-corrected chi connectivity index (χ0v) is 13.7. The second-order valence-corrected chi connectivity index (χ2v) is 7.09. The Hall–Kier alpha value is -2.06. The summed E-state index contributed by atoms with van der Waals surface area (Å²) in [4.78, 5) is 23.0. The topological polar surface area (TPSA) is 58.6 Å². The fraction of sp³-hybridized carbons (Fsp3) is 0.667. The van der Waals surface area contributed by atoms with Crippen LogP contribution in [0.5, 0.6) is 0 Å². The predicted molar refractivity (Wildman–Crippen MR) is 79.5 cm³/mol. The molecule has 1 aromatic rings. The zero-order chi connectivity index (χ0) is 17.7. The maximum Gasteiger partial charge on any atom is 0.434 e. The van der Waals surface area contributed by atoms with Crippen LogP contribution in [0.4, 0.5) is 23.8 Å². The highest BCUT2D eigenvalue weighted by Crippen LogP contribution is 2.35. The van der Waals surface area contributed by atoms with Crippen LogP contribution in [0.15, 0.2) is 12.4 Å². The summed E-state index contributed by atoms with van der Waals surface area (Å²) >= 11 is 0. The predicted octanol–water partition coefficient (Wildman–Crippen LogP) is 2.69. The highest BCUT2D eigenvalue weighted by Gasteiger charge is 2.47. The molecule has 2 aliphatic rings. The normalized spacial score (nSPS) is 23.8. The van der Waals surface area contributed by atoms with Crippen LogP contribution < -0.4 is 4.90 Å². The van der Waals surface area contributed by atoms with Crippen molar-refractivity contribution in [2.75, 3.05) is 18.0 Å². The van der Waals surface area contributed by atoms with Gasteiger partial charge in [-0.2, -0.15) is 13.2 Å². The number of fused-ring (bicyclic) bond motifs is 2. The lowest BCUT2D eigenvalue weighted by atomic mass is 10.2. The monoisotopic (exact) mass is 344 g/mol. The number of aromatic nitrogens is 2. The van der Waals surface area contributed by atoms with Gasteiger partial charge in [0.1, 0.15) is 11.4 Å². The first-order valence-electron chi connectivity index (χ1n) is 7.70. The van der Waals surface area contributed by atoms with Crippen molar-refractivity contribution in [2.45, 2.75) is 51.1 Å². The minimum absolute atomic E-state index is 0.0692. The molecule has 1 aromatic heterocycles. The Morgan fingerprint density at radius 3 is 2.46 bits per heavy atom. The van der Waals surface area contributed by atoms with Crippen LogP contribution in [-0.2, 0) is 10.9 Å². The van der Waals surface area contributed by atoms with Crippen LogP contribution in [-0.4, -0.2) is 51.7 Å². The van der Waals surface area contributed by atoms with Crippen molar-refractivity contribution in [3.05, 3.63) is 18.1 Å². The number of piperazine rings is 1. The van der Waals surface area contributed by atoms with Gasteiger partial charge in [0.2, 0.25) is 0 Å². The van der Waals surface area contributed by atoms with Crippen LogP contribution in [0.1, 0.15) is 32.9 Å². The molecule has 1 amide bonds. The van der Waals surface area contributed by atoms with Gasteiger partial charge in [-0.1, -0.05) is 0 Å². The number of alkyl halides is 3. The molecule has 0 aliphatic carbocycles. The van der Waals surface area contributed by atoms with E-state index in [1.807, 2.05) is 0 Å². The first kappa shape index (κ1) is 16.8. The lowest BCUT2D eigenvalue weighted by Crippen LogP contribution is -2.50. The van der Waals surface area contributed by atoms with Gasteiger partial charge < -0.3 is 14.5 Å². The van der Waals surface area contributed by atoms with Crippen LogP contribution >= 0.6 is 0 Å². The Kier molecular flexibility index (Phi) is 3.84. The third kappa shape index (κ3) is 3.25. The Balaban J connectivity index is 1.71. The van der Waals surface area contributed by atoms with Crippen LogP contribution in [0.3, 0.4) is 0 Å². The number of halogens is 3. The third-order valence-corrected chi connectivity index (χ3v) is 4.08. The number of ether oxygens (including phenoxy) is 1. The fourth-order valence-corrected chi connectivity index (χ4v) is 3.12.